The lowest BCUT2D eigenvalue weighted by atomic mass is 9.78. The van der Waals surface area contributed by atoms with E-state index in [-0.39, 0.29) is 41.8 Å². The Morgan fingerprint density at radius 3 is 2.45 bits per heavy atom. The second-order valence-corrected chi connectivity index (χ2v) is 15.2. The standard InChI is InChI=1S/C40H47N3O11S/c1-18-13-22-9-8-12-43-25(16-51-40(48)30-23-15-26(49-5)24(39(46)47)14-21(23)10-11-42-30)28-29(35(54-20(3)44)19(2)36-37(28)53-17-52-36)38(55-7)32(43)31(41-4)27(22)33(45)34(18)50-6/h13-15,25,30-32,38,41-42,45H,8-12,16-17H2,1-7H3,(H,46,47)/t25-,30?,31+,32?,38?/m0/s1. The molecule has 3 aromatic rings. The Morgan fingerprint density at radius 1 is 1.02 bits per heavy atom. The predicted octanol–water partition coefficient (Wildman–Crippen LogP) is 4.84. The second-order valence-electron chi connectivity index (χ2n) is 14.2. The van der Waals surface area contributed by atoms with Crippen molar-refractivity contribution in [2.45, 2.75) is 69.5 Å². The highest BCUT2D eigenvalue weighted by atomic mass is 32.2. The molecule has 0 spiro atoms. The molecule has 0 saturated heterocycles. The number of benzene rings is 3. The van der Waals surface area contributed by atoms with Gasteiger partial charge in [0.1, 0.15) is 29.7 Å². The largest absolute Gasteiger partial charge is 0.504 e. The first-order valence-electron chi connectivity index (χ1n) is 18.3. The highest BCUT2D eigenvalue weighted by Gasteiger charge is 2.51. The van der Waals surface area contributed by atoms with E-state index in [0.29, 0.717) is 65.6 Å². The van der Waals surface area contributed by atoms with Crippen LogP contribution in [0.4, 0.5) is 0 Å². The van der Waals surface area contributed by atoms with Crippen LogP contribution < -0.4 is 34.3 Å². The number of hydrogen-bond donors (Lipinski definition) is 4. The number of ether oxygens (including phenoxy) is 6. The van der Waals surface area contributed by atoms with Crippen LogP contribution in [0.3, 0.4) is 0 Å². The van der Waals surface area contributed by atoms with Crippen molar-refractivity contribution in [1.29, 1.82) is 0 Å². The maximum atomic E-state index is 14.2. The third-order valence-corrected chi connectivity index (χ3v) is 12.3. The van der Waals surface area contributed by atoms with Crippen molar-refractivity contribution in [3.8, 4) is 34.5 Å². The van der Waals surface area contributed by atoms with E-state index in [9.17, 15) is 24.6 Å². The average Bonchev–Trinajstić information content (AvgIpc) is 3.65. The van der Waals surface area contributed by atoms with Crippen LogP contribution in [0.5, 0.6) is 34.5 Å². The van der Waals surface area contributed by atoms with Gasteiger partial charge in [0.05, 0.1) is 31.6 Å². The van der Waals surface area contributed by atoms with Gasteiger partial charge >= 0.3 is 17.9 Å². The molecule has 4 N–H and O–H groups in total. The van der Waals surface area contributed by atoms with Crippen molar-refractivity contribution in [3.63, 3.8) is 0 Å². The fourth-order valence-electron chi connectivity index (χ4n) is 9.01. The molecule has 5 atom stereocenters. The minimum absolute atomic E-state index is 0.0231. The summed E-state index contributed by atoms with van der Waals surface area (Å²) in [6.45, 7) is 6.01. The summed E-state index contributed by atoms with van der Waals surface area (Å²) in [7, 11) is 4.79. The Hall–Kier alpha value is -4.70. The number of carboxylic acids is 1. The molecule has 15 heteroatoms. The molecule has 294 valence electrons. The van der Waals surface area contributed by atoms with Gasteiger partial charge in [-0.2, -0.15) is 11.8 Å². The molecule has 3 unspecified atom stereocenters. The van der Waals surface area contributed by atoms with Gasteiger partial charge in [-0.1, -0.05) is 6.07 Å². The maximum Gasteiger partial charge on any atom is 0.339 e. The van der Waals surface area contributed by atoms with Gasteiger partial charge in [-0.05, 0) is 87.3 Å². The third-order valence-electron chi connectivity index (χ3n) is 11.2. The summed E-state index contributed by atoms with van der Waals surface area (Å²) in [6.07, 6.45) is 3.92. The van der Waals surface area contributed by atoms with Crippen LogP contribution in [0.15, 0.2) is 18.2 Å². The number of fused-ring (bicyclic) bond motifs is 6. The maximum absolute atomic E-state index is 14.2. The Balaban J connectivity index is 1.38. The smallest absolute Gasteiger partial charge is 0.339 e. The number of hydrogen-bond acceptors (Lipinski definition) is 14. The number of aromatic hydroxyl groups is 1. The minimum Gasteiger partial charge on any atom is -0.504 e. The zero-order valence-electron chi connectivity index (χ0n) is 32.0. The summed E-state index contributed by atoms with van der Waals surface area (Å²) in [5.74, 6) is -0.192. The Morgan fingerprint density at radius 2 is 1.78 bits per heavy atom. The first-order chi connectivity index (χ1) is 26.4. The molecule has 0 aliphatic carbocycles. The van der Waals surface area contributed by atoms with Crippen molar-refractivity contribution in [2.75, 3.05) is 54.0 Å². The number of nitrogens with zero attached hydrogens (tertiary/aromatic N) is 1. The summed E-state index contributed by atoms with van der Waals surface area (Å²) < 4.78 is 35.6. The number of thioether (sulfide) groups is 1. The topological polar surface area (TPSA) is 174 Å². The van der Waals surface area contributed by atoms with Crippen LogP contribution in [-0.2, 0) is 27.2 Å². The van der Waals surface area contributed by atoms with Gasteiger partial charge in [-0.25, -0.2) is 9.59 Å². The summed E-state index contributed by atoms with van der Waals surface area (Å²) in [5, 5.41) is 28.1. The summed E-state index contributed by atoms with van der Waals surface area (Å²) in [5.41, 5.74) is 5.97. The molecule has 4 aliphatic heterocycles. The number of nitrogens with one attached hydrogen (secondary N) is 2. The number of carboxylic acid groups (broad SMARTS) is 1. The summed E-state index contributed by atoms with van der Waals surface area (Å²) in [6, 6.07) is 2.93. The number of carbonyl (C=O) groups is 3. The SMILES string of the molecule is CN[C@@H]1c2c(cc(C)c(OC)c2O)CCCN2C1C(SC)c1c(OC(C)=O)c(C)c3c(c1[C@@H]2COC(=O)C1NCCc2cc(C(=O)O)c(OC)cc21)OCO3. The van der Waals surface area contributed by atoms with Crippen molar-refractivity contribution < 1.29 is 53.0 Å². The average molecular weight is 778 g/mol. The predicted molar refractivity (Wildman–Crippen MR) is 203 cm³/mol. The quantitative estimate of drug-likeness (QED) is 0.172. The Kier molecular flexibility index (Phi) is 10.8. The molecule has 7 rings (SSSR count). The summed E-state index contributed by atoms with van der Waals surface area (Å²) in [4.78, 5) is 41.2. The fourth-order valence-corrected chi connectivity index (χ4v) is 10.1. The summed E-state index contributed by atoms with van der Waals surface area (Å²) >= 11 is 1.59. The molecule has 0 radical (unpaired) electrons. The van der Waals surface area contributed by atoms with E-state index in [1.807, 2.05) is 27.2 Å². The first-order valence-corrected chi connectivity index (χ1v) is 19.6. The van der Waals surface area contributed by atoms with E-state index in [1.165, 1.54) is 14.0 Å². The Labute approximate surface area is 323 Å². The van der Waals surface area contributed by atoms with Crippen molar-refractivity contribution in [2.24, 2.45) is 0 Å². The van der Waals surface area contributed by atoms with Gasteiger partial charge in [0.15, 0.2) is 23.0 Å². The first kappa shape index (κ1) is 38.6. The van der Waals surface area contributed by atoms with E-state index < -0.39 is 36.0 Å². The van der Waals surface area contributed by atoms with Gasteiger partial charge in [0, 0.05) is 41.8 Å². The number of likely N-dealkylation sites (N-methyl/N-ethyl adjacent to an activating group) is 1. The number of carbonyl (C=O) groups excluding carboxylic acids is 2. The fraction of sp³-hybridized carbons (Fsp3) is 0.475. The molecule has 0 fully saturated rings. The van der Waals surface area contributed by atoms with Crippen LogP contribution in [0.1, 0.15) is 91.6 Å². The molecular formula is C40H47N3O11S. The zero-order valence-corrected chi connectivity index (χ0v) is 32.8. The zero-order chi connectivity index (χ0) is 39.3. The monoisotopic (exact) mass is 777 g/mol. The van der Waals surface area contributed by atoms with Gasteiger partial charge < -0.3 is 49.3 Å². The second kappa shape index (κ2) is 15.4. The van der Waals surface area contributed by atoms with Gasteiger partial charge in [0.25, 0.3) is 0 Å². The molecule has 0 aromatic heterocycles. The molecule has 14 nitrogen and oxygen atoms in total. The molecule has 0 amide bonds. The van der Waals surface area contributed by atoms with E-state index in [2.05, 4.69) is 21.6 Å². The molecule has 0 bridgehead atoms. The highest BCUT2D eigenvalue weighted by molar-refractivity contribution is 7.98. The van der Waals surface area contributed by atoms with Crippen LogP contribution in [0, 0.1) is 13.8 Å². The molecule has 4 aliphatic rings. The van der Waals surface area contributed by atoms with Crippen LogP contribution in [0.25, 0.3) is 0 Å². The van der Waals surface area contributed by atoms with Crippen LogP contribution in [-0.4, -0.2) is 93.1 Å². The van der Waals surface area contributed by atoms with Crippen LogP contribution >= 0.6 is 11.8 Å². The van der Waals surface area contributed by atoms with E-state index in [1.54, 1.807) is 31.0 Å². The molecule has 4 heterocycles. The third kappa shape index (κ3) is 6.50. The Bertz CT molecular complexity index is 2060. The number of esters is 2. The van der Waals surface area contributed by atoms with Crippen molar-refractivity contribution >= 4 is 29.7 Å². The molecule has 3 aromatic carbocycles. The number of aromatic carboxylic acids is 1. The minimum atomic E-state index is -1.12. The van der Waals surface area contributed by atoms with E-state index in [0.717, 1.165) is 34.2 Å². The molecule has 0 saturated carbocycles. The van der Waals surface area contributed by atoms with Gasteiger partial charge in [0.2, 0.25) is 6.79 Å². The van der Waals surface area contributed by atoms with Crippen LogP contribution in [0.2, 0.25) is 0 Å². The van der Waals surface area contributed by atoms with Crippen molar-refractivity contribution in [3.05, 3.63) is 68.3 Å². The van der Waals surface area contributed by atoms with E-state index >= 15 is 0 Å². The number of aryl methyl sites for hydroxylation is 2. The van der Waals surface area contributed by atoms with E-state index in [4.69, 9.17) is 28.4 Å². The highest BCUT2D eigenvalue weighted by Crippen LogP contribution is 2.60. The number of methoxy groups -OCH3 is 2. The lowest BCUT2D eigenvalue weighted by molar-refractivity contribution is -0.149. The van der Waals surface area contributed by atoms with Crippen molar-refractivity contribution in [1.82, 2.24) is 15.5 Å². The lowest BCUT2D eigenvalue weighted by Gasteiger charge is -2.51. The lowest BCUT2D eigenvalue weighted by Crippen LogP contribution is -2.54. The number of rotatable bonds is 9. The van der Waals surface area contributed by atoms with Gasteiger partial charge in [-0.3, -0.25) is 9.69 Å². The number of phenols is 1. The normalized spacial score (nSPS) is 22.6. The molecule has 55 heavy (non-hydrogen) atoms. The van der Waals surface area contributed by atoms with Gasteiger partial charge in [-0.15, -0.1) is 0 Å². The molecular weight excluding hydrogens is 731 g/mol. The number of phenolic OH excluding ortho intramolecular Hbond substituents is 1.